The fourth-order valence-electron chi connectivity index (χ4n) is 3.51. The Bertz CT molecular complexity index is 630. The van der Waals surface area contributed by atoms with Crippen molar-refractivity contribution in [2.24, 2.45) is 0 Å². The van der Waals surface area contributed by atoms with Crippen molar-refractivity contribution in [3.8, 4) is 0 Å². The summed E-state index contributed by atoms with van der Waals surface area (Å²) in [5.41, 5.74) is 4.90. The van der Waals surface area contributed by atoms with Crippen LogP contribution in [0.3, 0.4) is 0 Å². The van der Waals surface area contributed by atoms with Gasteiger partial charge in [-0.3, -0.25) is 10.1 Å². The molecular formula is C21H34N2OS. The van der Waals surface area contributed by atoms with Gasteiger partial charge in [-0.15, -0.1) is 11.8 Å². The summed E-state index contributed by atoms with van der Waals surface area (Å²) in [6.07, 6.45) is 0. The SMILES string of the molecule is Cc1c(C(C)(C)C)cc(NC(=O)[C@@H]2CSC(C)(C)N2)cc1C(C)(C)C. The molecule has 1 heterocycles. The van der Waals surface area contributed by atoms with Gasteiger partial charge in [0.1, 0.15) is 0 Å². The zero-order valence-corrected chi connectivity index (χ0v) is 18.1. The van der Waals surface area contributed by atoms with Crippen molar-refractivity contribution in [3.05, 3.63) is 28.8 Å². The molecule has 0 spiro atoms. The first-order valence-electron chi connectivity index (χ1n) is 9.09. The number of hydrogen-bond donors (Lipinski definition) is 2. The molecule has 0 aromatic heterocycles. The van der Waals surface area contributed by atoms with Gasteiger partial charge in [0.25, 0.3) is 0 Å². The second kappa shape index (κ2) is 6.62. The Morgan fingerprint density at radius 1 is 1.12 bits per heavy atom. The summed E-state index contributed by atoms with van der Waals surface area (Å²) >= 11 is 1.79. The molecule has 0 saturated carbocycles. The number of hydrogen-bond acceptors (Lipinski definition) is 3. The first-order chi connectivity index (χ1) is 11.2. The highest BCUT2D eigenvalue weighted by molar-refractivity contribution is 8.00. The Morgan fingerprint density at radius 3 is 1.96 bits per heavy atom. The summed E-state index contributed by atoms with van der Waals surface area (Å²) in [7, 11) is 0. The van der Waals surface area contributed by atoms with Gasteiger partial charge in [0.15, 0.2) is 0 Å². The Hall–Kier alpha value is -1.00. The summed E-state index contributed by atoms with van der Waals surface area (Å²) in [4.78, 5) is 12.7. The lowest BCUT2D eigenvalue weighted by atomic mass is 9.76. The lowest BCUT2D eigenvalue weighted by Crippen LogP contribution is -2.44. The Morgan fingerprint density at radius 2 is 1.60 bits per heavy atom. The summed E-state index contributed by atoms with van der Waals surface area (Å²) < 4.78 is 0. The van der Waals surface area contributed by atoms with Crippen LogP contribution in [-0.2, 0) is 15.6 Å². The van der Waals surface area contributed by atoms with E-state index in [1.165, 1.54) is 16.7 Å². The topological polar surface area (TPSA) is 41.1 Å². The second-order valence-corrected chi connectivity index (χ2v) is 11.3. The van der Waals surface area contributed by atoms with Crippen LogP contribution in [0, 0.1) is 6.92 Å². The third-order valence-electron chi connectivity index (χ3n) is 4.74. The molecule has 3 nitrogen and oxygen atoms in total. The normalized spacial score (nSPS) is 20.6. The van der Waals surface area contributed by atoms with Crippen LogP contribution in [0.15, 0.2) is 12.1 Å². The van der Waals surface area contributed by atoms with Crippen molar-refractivity contribution in [2.75, 3.05) is 11.1 Å². The van der Waals surface area contributed by atoms with Gasteiger partial charge in [0, 0.05) is 11.4 Å². The average Bonchev–Trinajstić information content (AvgIpc) is 2.78. The number of carbonyl (C=O) groups is 1. The van der Waals surface area contributed by atoms with Crippen molar-refractivity contribution in [3.63, 3.8) is 0 Å². The van der Waals surface area contributed by atoms with Gasteiger partial charge in [0.2, 0.25) is 5.91 Å². The highest BCUT2D eigenvalue weighted by Gasteiger charge is 2.35. The van der Waals surface area contributed by atoms with Gasteiger partial charge in [-0.2, -0.15) is 0 Å². The highest BCUT2D eigenvalue weighted by atomic mass is 32.2. The van der Waals surface area contributed by atoms with Gasteiger partial charge in [-0.05, 0) is 60.4 Å². The molecule has 1 fully saturated rings. The fraction of sp³-hybridized carbons (Fsp3) is 0.667. The molecule has 1 aliphatic heterocycles. The number of rotatable bonds is 2. The van der Waals surface area contributed by atoms with Crippen molar-refractivity contribution in [2.45, 2.75) is 84.1 Å². The minimum atomic E-state index is -0.141. The van der Waals surface area contributed by atoms with E-state index in [1.54, 1.807) is 11.8 Å². The Kier molecular flexibility index (Phi) is 5.38. The van der Waals surface area contributed by atoms with Gasteiger partial charge < -0.3 is 5.32 Å². The molecule has 1 atom stereocenters. The third-order valence-corrected chi connectivity index (χ3v) is 6.08. The molecule has 1 aliphatic rings. The number of anilines is 1. The van der Waals surface area contributed by atoms with Crippen LogP contribution in [0.5, 0.6) is 0 Å². The number of nitrogens with one attached hydrogen (secondary N) is 2. The molecule has 4 heteroatoms. The van der Waals surface area contributed by atoms with Gasteiger partial charge in [-0.25, -0.2) is 0 Å². The average molecular weight is 363 g/mol. The zero-order chi connectivity index (χ0) is 19.2. The predicted molar refractivity (Wildman–Crippen MR) is 111 cm³/mol. The Balaban J connectivity index is 2.36. The van der Waals surface area contributed by atoms with E-state index in [9.17, 15) is 4.79 Å². The summed E-state index contributed by atoms with van der Waals surface area (Å²) in [6, 6.07) is 4.16. The van der Waals surface area contributed by atoms with Gasteiger partial charge in [-0.1, -0.05) is 41.5 Å². The van der Waals surface area contributed by atoms with E-state index >= 15 is 0 Å². The maximum atomic E-state index is 12.7. The highest BCUT2D eigenvalue weighted by Crippen LogP contribution is 2.36. The largest absolute Gasteiger partial charge is 0.325 e. The quantitative estimate of drug-likeness (QED) is 0.780. The van der Waals surface area contributed by atoms with Gasteiger partial charge >= 0.3 is 0 Å². The van der Waals surface area contributed by atoms with Crippen LogP contribution in [0.4, 0.5) is 5.69 Å². The fourth-order valence-corrected chi connectivity index (χ4v) is 4.55. The number of benzene rings is 1. The zero-order valence-electron chi connectivity index (χ0n) is 17.3. The first-order valence-corrected chi connectivity index (χ1v) is 10.1. The maximum absolute atomic E-state index is 12.7. The smallest absolute Gasteiger partial charge is 0.242 e. The lowest BCUT2D eigenvalue weighted by molar-refractivity contribution is -0.117. The van der Waals surface area contributed by atoms with Crippen molar-refractivity contribution in [1.82, 2.24) is 5.32 Å². The number of carbonyl (C=O) groups excluding carboxylic acids is 1. The molecule has 1 saturated heterocycles. The second-order valence-electron chi connectivity index (χ2n) is 9.70. The standard InChI is InChI=1S/C21H34N2OS/c1-13-15(19(2,3)4)10-14(11-16(13)20(5,6)7)22-18(24)17-12-25-21(8,9)23-17/h10-11,17,23H,12H2,1-9H3,(H,22,24)/t17-/m0/s1. The summed E-state index contributed by atoms with van der Waals surface area (Å²) in [5.74, 6) is 0.866. The molecule has 0 bridgehead atoms. The summed E-state index contributed by atoms with van der Waals surface area (Å²) in [6.45, 7) is 19.8. The molecule has 25 heavy (non-hydrogen) atoms. The molecule has 1 aromatic rings. The maximum Gasteiger partial charge on any atom is 0.242 e. The van der Waals surface area contributed by atoms with Crippen molar-refractivity contribution < 1.29 is 4.79 Å². The van der Waals surface area contributed by atoms with Crippen LogP contribution in [0.25, 0.3) is 0 Å². The monoisotopic (exact) mass is 362 g/mol. The van der Waals surface area contributed by atoms with E-state index in [2.05, 4.69) is 85.1 Å². The molecular weight excluding hydrogens is 328 g/mol. The minimum Gasteiger partial charge on any atom is -0.325 e. The van der Waals surface area contributed by atoms with E-state index in [0.717, 1.165) is 11.4 Å². The molecule has 1 aromatic carbocycles. The molecule has 0 unspecified atom stereocenters. The van der Waals surface area contributed by atoms with Crippen molar-refractivity contribution in [1.29, 1.82) is 0 Å². The number of amides is 1. The predicted octanol–water partition coefficient (Wildman–Crippen LogP) is 4.97. The molecule has 0 aliphatic carbocycles. The van der Waals surface area contributed by atoms with E-state index in [0.29, 0.717) is 0 Å². The van der Waals surface area contributed by atoms with E-state index in [-0.39, 0.29) is 27.6 Å². The van der Waals surface area contributed by atoms with Gasteiger partial charge in [0.05, 0.1) is 10.9 Å². The first kappa shape index (κ1) is 20.3. The molecule has 2 N–H and O–H groups in total. The Labute approximate surface area is 157 Å². The van der Waals surface area contributed by atoms with Crippen LogP contribution >= 0.6 is 11.8 Å². The minimum absolute atomic E-state index is 0.0360. The summed E-state index contributed by atoms with van der Waals surface area (Å²) in [5, 5.41) is 6.56. The lowest BCUT2D eigenvalue weighted by Gasteiger charge is -2.30. The molecule has 2 rings (SSSR count). The van der Waals surface area contributed by atoms with Crippen LogP contribution < -0.4 is 10.6 Å². The van der Waals surface area contributed by atoms with Crippen molar-refractivity contribution >= 4 is 23.4 Å². The van der Waals surface area contributed by atoms with E-state index in [4.69, 9.17) is 0 Å². The van der Waals surface area contributed by atoms with Crippen LogP contribution in [0.1, 0.15) is 72.1 Å². The number of thioether (sulfide) groups is 1. The molecule has 140 valence electrons. The third kappa shape index (κ3) is 4.79. The van der Waals surface area contributed by atoms with Crippen LogP contribution in [0.2, 0.25) is 0 Å². The van der Waals surface area contributed by atoms with E-state index < -0.39 is 0 Å². The van der Waals surface area contributed by atoms with Crippen LogP contribution in [-0.4, -0.2) is 22.6 Å². The molecule has 1 amide bonds. The van der Waals surface area contributed by atoms with E-state index in [1.807, 2.05) is 0 Å². The molecule has 0 radical (unpaired) electrons.